The van der Waals surface area contributed by atoms with E-state index in [0.29, 0.717) is 16.7 Å². The van der Waals surface area contributed by atoms with Crippen molar-refractivity contribution in [2.75, 3.05) is 5.32 Å². The third-order valence-electron chi connectivity index (χ3n) is 1.90. The average molecular weight is 237 g/mol. The second-order valence-electron chi connectivity index (χ2n) is 3.52. The lowest BCUT2D eigenvalue weighted by molar-refractivity contribution is 0.102. The van der Waals surface area contributed by atoms with Crippen LogP contribution in [0.15, 0.2) is 12.5 Å². The van der Waals surface area contributed by atoms with E-state index in [0.717, 1.165) is 5.01 Å². The molecule has 2 N–H and O–H groups in total. The summed E-state index contributed by atoms with van der Waals surface area (Å²) >= 11 is 1.38. The summed E-state index contributed by atoms with van der Waals surface area (Å²) in [6.45, 7) is 4.06. The Kier molecular flexibility index (Phi) is 2.95. The minimum absolute atomic E-state index is 0.260. The van der Waals surface area contributed by atoms with E-state index in [4.69, 9.17) is 0 Å². The highest BCUT2D eigenvalue weighted by atomic mass is 32.1. The molecule has 2 aromatic heterocycles. The molecular formula is C9H11N5OS. The van der Waals surface area contributed by atoms with Crippen molar-refractivity contribution in [3.63, 3.8) is 0 Å². The van der Waals surface area contributed by atoms with Gasteiger partial charge in [-0.15, -0.1) is 10.2 Å². The number of hydrogen-bond donors (Lipinski definition) is 2. The van der Waals surface area contributed by atoms with E-state index in [-0.39, 0.29) is 5.91 Å². The molecule has 2 aromatic rings. The Hall–Kier alpha value is -1.76. The van der Waals surface area contributed by atoms with E-state index < -0.39 is 0 Å². The molecule has 0 fully saturated rings. The largest absolute Gasteiger partial charge is 0.341 e. The molecule has 2 rings (SSSR count). The van der Waals surface area contributed by atoms with Crippen LogP contribution >= 0.6 is 11.3 Å². The molecule has 0 spiro atoms. The van der Waals surface area contributed by atoms with Crippen LogP contribution in [0, 0.1) is 0 Å². The number of imidazole rings is 1. The summed E-state index contributed by atoms with van der Waals surface area (Å²) in [5, 5.41) is 11.9. The molecule has 0 radical (unpaired) electrons. The van der Waals surface area contributed by atoms with Crippen molar-refractivity contribution < 1.29 is 4.79 Å². The van der Waals surface area contributed by atoms with Gasteiger partial charge in [-0.05, 0) is 0 Å². The maximum Gasteiger partial charge on any atom is 0.275 e. The van der Waals surface area contributed by atoms with Crippen LogP contribution < -0.4 is 5.32 Å². The molecule has 16 heavy (non-hydrogen) atoms. The normalized spacial score (nSPS) is 10.7. The van der Waals surface area contributed by atoms with Gasteiger partial charge in [0.2, 0.25) is 5.13 Å². The smallest absolute Gasteiger partial charge is 0.275 e. The lowest BCUT2D eigenvalue weighted by Crippen LogP contribution is -2.11. The molecule has 1 amide bonds. The van der Waals surface area contributed by atoms with E-state index in [2.05, 4.69) is 25.5 Å². The summed E-state index contributed by atoms with van der Waals surface area (Å²) in [4.78, 5) is 18.1. The highest BCUT2D eigenvalue weighted by Gasteiger charge is 2.12. The standard InChI is InChI=1S/C9H11N5OS/c1-5(2)8-13-14-9(16-8)12-7(15)6-3-10-4-11-6/h3-5H,1-2H3,(H,10,11)(H,12,14,15). The Morgan fingerprint density at radius 3 is 2.88 bits per heavy atom. The van der Waals surface area contributed by atoms with Crippen molar-refractivity contribution in [2.45, 2.75) is 19.8 Å². The highest BCUT2D eigenvalue weighted by molar-refractivity contribution is 7.15. The molecule has 0 bridgehead atoms. The van der Waals surface area contributed by atoms with E-state index in [1.807, 2.05) is 13.8 Å². The first-order valence-corrected chi connectivity index (χ1v) is 5.61. The van der Waals surface area contributed by atoms with Gasteiger partial charge in [0.25, 0.3) is 5.91 Å². The zero-order chi connectivity index (χ0) is 11.5. The lowest BCUT2D eigenvalue weighted by atomic mass is 10.2. The number of nitrogens with zero attached hydrogens (tertiary/aromatic N) is 3. The molecule has 0 aromatic carbocycles. The van der Waals surface area contributed by atoms with Crippen molar-refractivity contribution in [3.05, 3.63) is 23.2 Å². The van der Waals surface area contributed by atoms with E-state index in [1.165, 1.54) is 23.9 Å². The van der Waals surface area contributed by atoms with E-state index in [1.54, 1.807) is 0 Å². The molecule has 0 atom stereocenters. The van der Waals surface area contributed by atoms with Gasteiger partial charge in [0.05, 0.1) is 12.5 Å². The average Bonchev–Trinajstić information content (AvgIpc) is 2.87. The zero-order valence-corrected chi connectivity index (χ0v) is 9.71. The third kappa shape index (κ3) is 2.25. The number of nitrogens with one attached hydrogen (secondary N) is 2. The summed E-state index contributed by atoms with van der Waals surface area (Å²) in [6, 6.07) is 0. The second-order valence-corrected chi connectivity index (χ2v) is 4.53. The molecule has 6 nitrogen and oxygen atoms in total. The van der Waals surface area contributed by atoms with Crippen LogP contribution in [-0.4, -0.2) is 26.1 Å². The minimum Gasteiger partial charge on any atom is -0.341 e. The summed E-state index contributed by atoms with van der Waals surface area (Å²) in [5.41, 5.74) is 0.404. The SMILES string of the molecule is CC(C)c1nnc(NC(=O)c2cnc[nH]2)s1. The topological polar surface area (TPSA) is 83.6 Å². The molecule has 0 aliphatic rings. The van der Waals surface area contributed by atoms with E-state index >= 15 is 0 Å². The van der Waals surface area contributed by atoms with Crippen molar-refractivity contribution in [3.8, 4) is 0 Å². The van der Waals surface area contributed by atoms with Gasteiger partial charge in [-0.3, -0.25) is 10.1 Å². The molecule has 0 aliphatic heterocycles. The Morgan fingerprint density at radius 2 is 2.31 bits per heavy atom. The van der Waals surface area contributed by atoms with Gasteiger partial charge in [-0.2, -0.15) is 0 Å². The number of H-pyrrole nitrogens is 1. The Bertz CT molecular complexity index is 476. The van der Waals surface area contributed by atoms with Crippen LogP contribution in [0.4, 0.5) is 5.13 Å². The van der Waals surface area contributed by atoms with Gasteiger partial charge in [0.1, 0.15) is 10.7 Å². The number of hydrogen-bond acceptors (Lipinski definition) is 5. The maximum atomic E-state index is 11.6. The second kappa shape index (κ2) is 4.40. The van der Waals surface area contributed by atoms with Gasteiger partial charge in [-0.25, -0.2) is 4.98 Å². The fourth-order valence-corrected chi connectivity index (χ4v) is 1.80. The number of aromatic nitrogens is 4. The number of rotatable bonds is 3. The number of carbonyl (C=O) groups excluding carboxylic acids is 1. The summed E-state index contributed by atoms with van der Waals surface area (Å²) in [5.74, 6) is 0.0549. The summed E-state index contributed by atoms with van der Waals surface area (Å²) in [6.07, 6.45) is 2.91. The van der Waals surface area contributed by atoms with Crippen molar-refractivity contribution in [1.82, 2.24) is 20.2 Å². The third-order valence-corrected chi connectivity index (χ3v) is 3.04. The lowest BCUT2D eigenvalue weighted by Gasteiger charge is -1.97. The van der Waals surface area contributed by atoms with Crippen LogP contribution in [0.3, 0.4) is 0 Å². The van der Waals surface area contributed by atoms with Gasteiger partial charge in [-0.1, -0.05) is 25.2 Å². The predicted octanol–water partition coefficient (Wildman–Crippen LogP) is 1.64. The Labute approximate surface area is 96.1 Å². The number of anilines is 1. The minimum atomic E-state index is -0.260. The molecule has 7 heteroatoms. The van der Waals surface area contributed by atoms with Crippen LogP contribution in [0.25, 0.3) is 0 Å². The molecule has 2 heterocycles. The molecule has 0 saturated carbocycles. The highest BCUT2D eigenvalue weighted by Crippen LogP contribution is 2.22. The van der Waals surface area contributed by atoms with Crippen molar-refractivity contribution >= 4 is 22.4 Å². The van der Waals surface area contributed by atoms with Crippen molar-refractivity contribution in [2.24, 2.45) is 0 Å². The number of amides is 1. The first kappa shape index (κ1) is 10.7. The van der Waals surface area contributed by atoms with Crippen molar-refractivity contribution in [1.29, 1.82) is 0 Å². The van der Waals surface area contributed by atoms with Gasteiger partial charge in [0, 0.05) is 5.92 Å². The van der Waals surface area contributed by atoms with Gasteiger partial charge in [0.15, 0.2) is 0 Å². The fourth-order valence-electron chi connectivity index (χ4n) is 1.06. The fraction of sp³-hybridized carbons (Fsp3) is 0.333. The number of carbonyl (C=O) groups is 1. The molecule has 0 aliphatic carbocycles. The van der Waals surface area contributed by atoms with Crippen LogP contribution in [-0.2, 0) is 0 Å². The Balaban J connectivity index is 2.07. The molecule has 0 unspecified atom stereocenters. The summed E-state index contributed by atoms with van der Waals surface area (Å²) in [7, 11) is 0. The zero-order valence-electron chi connectivity index (χ0n) is 8.89. The Morgan fingerprint density at radius 1 is 1.50 bits per heavy atom. The molecular weight excluding hydrogens is 226 g/mol. The van der Waals surface area contributed by atoms with Gasteiger partial charge >= 0.3 is 0 Å². The molecule has 84 valence electrons. The molecule has 0 saturated heterocycles. The number of aromatic amines is 1. The van der Waals surface area contributed by atoms with Crippen LogP contribution in [0.5, 0.6) is 0 Å². The van der Waals surface area contributed by atoms with Crippen LogP contribution in [0.1, 0.15) is 35.3 Å². The predicted molar refractivity (Wildman–Crippen MR) is 60.5 cm³/mol. The first-order chi connectivity index (χ1) is 7.66. The summed E-state index contributed by atoms with van der Waals surface area (Å²) < 4.78 is 0. The maximum absolute atomic E-state index is 11.6. The van der Waals surface area contributed by atoms with E-state index in [9.17, 15) is 4.79 Å². The first-order valence-electron chi connectivity index (χ1n) is 4.80. The van der Waals surface area contributed by atoms with Gasteiger partial charge < -0.3 is 4.98 Å². The van der Waals surface area contributed by atoms with Crippen LogP contribution in [0.2, 0.25) is 0 Å². The monoisotopic (exact) mass is 237 g/mol. The quantitative estimate of drug-likeness (QED) is 0.850.